The van der Waals surface area contributed by atoms with Crippen LogP contribution in [0.3, 0.4) is 0 Å². The summed E-state index contributed by atoms with van der Waals surface area (Å²) in [5, 5.41) is 0. The molecule has 0 amide bonds. The Morgan fingerprint density at radius 3 is 1.50 bits per heavy atom. The number of unbranched alkanes of at least 4 members (excludes halogenated alkanes) is 1. The van der Waals surface area contributed by atoms with Crippen LogP contribution in [0.1, 0.15) is 12.8 Å². The molecule has 0 saturated carbocycles. The van der Waals surface area contributed by atoms with Gasteiger partial charge in [-0.2, -0.15) is 0 Å². The monoisotopic (exact) mass is 305 g/mol. The summed E-state index contributed by atoms with van der Waals surface area (Å²) >= 11 is 0. The van der Waals surface area contributed by atoms with Crippen molar-refractivity contribution in [3.63, 3.8) is 0 Å². The van der Waals surface area contributed by atoms with Crippen LogP contribution >= 0.6 is 0 Å². The number of hydrogen-bond donors (Lipinski definition) is 0. The maximum atomic E-state index is 5.93. The fraction of sp³-hybridized carbons (Fsp3) is 1.00. The first-order valence-electron chi connectivity index (χ1n) is 7.26. The van der Waals surface area contributed by atoms with Crippen molar-refractivity contribution in [3.8, 4) is 0 Å². The van der Waals surface area contributed by atoms with Gasteiger partial charge in [-0.15, -0.1) is 0 Å². The average molecular weight is 306 g/mol. The van der Waals surface area contributed by atoms with Crippen molar-refractivity contribution >= 4 is 24.8 Å². The van der Waals surface area contributed by atoms with E-state index in [4.69, 9.17) is 4.43 Å². The van der Waals surface area contributed by atoms with E-state index < -0.39 is 24.8 Å². The van der Waals surface area contributed by atoms with Crippen molar-refractivity contribution in [2.24, 2.45) is 0 Å². The van der Waals surface area contributed by atoms with Gasteiger partial charge in [0.05, 0.1) is 0 Å². The molecule has 0 fully saturated rings. The van der Waals surface area contributed by atoms with Gasteiger partial charge in [0, 0.05) is 6.61 Å². The van der Waals surface area contributed by atoms with Crippen molar-refractivity contribution in [1.82, 2.24) is 4.23 Å². The Labute approximate surface area is 118 Å². The predicted octanol–water partition coefficient (Wildman–Crippen LogP) is 4.59. The third-order valence-corrected chi connectivity index (χ3v) is 11.7. The molecular formula is C13H35NOSi3. The summed E-state index contributed by atoms with van der Waals surface area (Å²) < 4.78 is 8.79. The summed E-state index contributed by atoms with van der Waals surface area (Å²) in [5.74, 6) is 0. The molecule has 0 aromatic carbocycles. The van der Waals surface area contributed by atoms with E-state index in [0.717, 1.165) is 6.61 Å². The minimum absolute atomic E-state index is 0.959. The highest BCUT2D eigenvalue weighted by atomic mass is 28.4. The van der Waals surface area contributed by atoms with Crippen molar-refractivity contribution in [2.75, 3.05) is 13.2 Å². The SMILES string of the molecule is C[Si](C)(C)OCCCCN([Si](C)(C)C)[Si](C)(C)C. The van der Waals surface area contributed by atoms with Gasteiger partial charge in [0.1, 0.15) is 16.5 Å². The van der Waals surface area contributed by atoms with Crippen LogP contribution in [0, 0.1) is 0 Å². The second-order valence-electron chi connectivity index (χ2n) is 8.16. The van der Waals surface area contributed by atoms with E-state index in [0.29, 0.717) is 0 Å². The van der Waals surface area contributed by atoms with Crippen LogP contribution in [-0.2, 0) is 4.43 Å². The first-order chi connectivity index (χ1) is 7.84. The topological polar surface area (TPSA) is 12.5 Å². The molecule has 0 unspecified atom stereocenters. The van der Waals surface area contributed by atoms with E-state index in [1.165, 1.54) is 19.4 Å². The van der Waals surface area contributed by atoms with E-state index in [2.05, 4.69) is 63.2 Å². The minimum atomic E-state index is -1.30. The van der Waals surface area contributed by atoms with Gasteiger partial charge in [-0.05, 0) is 39.0 Å². The number of hydrogen-bond acceptors (Lipinski definition) is 2. The van der Waals surface area contributed by atoms with Crippen LogP contribution < -0.4 is 0 Å². The molecule has 0 aliphatic rings. The highest BCUT2D eigenvalue weighted by Gasteiger charge is 2.33. The molecule has 0 rings (SSSR count). The summed E-state index contributed by atoms with van der Waals surface area (Å²) in [5.41, 5.74) is 0. The van der Waals surface area contributed by atoms with Crippen molar-refractivity contribution in [2.45, 2.75) is 71.8 Å². The zero-order chi connectivity index (χ0) is 14.6. The van der Waals surface area contributed by atoms with Crippen molar-refractivity contribution in [3.05, 3.63) is 0 Å². The first kappa shape index (κ1) is 18.6. The molecule has 0 aliphatic heterocycles. The van der Waals surface area contributed by atoms with Gasteiger partial charge in [-0.1, -0.05) is 39.3 Å². The molecule has 0 atom stereocenters. The molecule has 0 heterocycles. The quantitative estimate of drug-likeness (QED) is 0.480. The molecule has 5 heteroatoms. The average Bonchev–Trinajstić information content (AvgIpc) is 2.04. The maximum Gasteiger partial charge on any atom is 0.183 e. The van der Waals surface area contributed by atoms with Gasteiger partial charge in [-0.3, -0.25) is 0 Å². The largest absolute Gasteiger partial charge is 0.418 e. The predicted molar refractivity (Wildman–Crippen MR) is 91.9 cm³/mol. The lowest BCUT2D eigenvalue weighted by Gasteiger charge is -2.43. The summed E-state index contributed by atoms with van der Waals surface area (Å²) in [6.07, 6.45) is 2.51. The van der Waals surface area contributed by atoms with Gasteiger partial charge in [0.2, 0.25) is 0 Å². The lowest BCUT2D eigenvalue weighted by Crippen LogP contribution is -2.59. The summed E-state index contributed by atoms with van der Waals surface area (Å²) in [6, 6.07) is 0. The van der Waals surface area contributed by atoms with Gasteiger partial charge >= 0.3 is 0 Å². The van der Waals surface area contributed by atoms with E-state index in [9.17, 15) is 0 Å². The second-order valence-corrected chi connectivity index (χ2v) is 22.9. The van der Waals surface area contributed by atoms with E-state index in [-0.39, 0.29) is 0 Å². The number of rotatable bonds is 8. The fourth-order valence-electron chi connectivity index (χ4n) is 2.43. The Kier molecular flexibility index (Phi) is 7.05. The van der Waals surface area contributed by atoms with Crippen LogP contribution in [0.25, 0.3) is 0 Å². The summed E-state index contributed by atoms with van der Waals surface area (Å²) in [7, 11) is -3.62. The molecule has 0 aliphatic carbocycles. The molecule has 2 nitrogen and oxygen atoms in total. The molecule has 0 N–H and O–H groups in total. The highest BCUT2D eigenvalue weighted by Crippen LogP contribution is 2.20. The summed E-state index contributed by atoms with van der Waals surface area (Å²) in [6.45, 7) is 23.9. The highest BCUT2D eigenvalue weighted by molar-refractivity contribution is 6.89. The molecule has 18 heavy (non-hydrogen) atoms. The van der Waals surface area contributed by atoms with Crippen LogP contribution in [-0.4, -0.2) is 42.2 Å². The fourth-order valence-corrected chi connectivity index (χ4v) is 12.9. The Balaban J connectivity index is 4.08. The molecule has 0 aromatic heterocycles. The molecule has 0 bridgehead atoms. The second kappa shape index (κ2) is 6.83. The Bertz CT molecular complexity index is 224. The molecule has 110 valence electrons. The number of nitrogens with zero attached hydrogens (tertiary/aromatic N) is 1. The van der Waals surface area contributed by atoms with Crippen LogP contribution in [0.5, 0.6) is 0 Å². The molecule has 0 spiro atoms. The van der Waals surface area contributed by atoms with Crippen molar-refractivity contribution in [1.29, 1.82) is 0 Å². The van der Waals surface area contributed by atoms with E-state index in [1.807, 2.05) is 0 Å². The Hall–Kier alpha value is 0.571. The minimum Gasteiger partial charge on any atom is -0.418 e. The molecule has 0 aromatic rings. The molecular weight excluding hydrogens is 270 g/mol. The maximum absolute atomic E-state index is 5.93. The van der Waals surface area contributed by atoms with Crippen molar-refractivity contribution < 1.29 is 4.43 Å². The normalized spacial score (nSPS) is 14.3. The van der Waals surface area contributed by atoms with E-state index in [1.54, 1.807) is 0 Å². The van der Waals surface area contributed by atoms with Gasteiger partial charge in [0.25, 0.3) is 0 Å². The van der Waals surface area contributed by atoms with Gasteiger partial charge < -0.3 is 8.66 Å². The lowest BCUT2D eigenvalue weighted by molar-refractivity contribution is 0.297. The third kappa shape index (κ3) is 8.63. The first-order valence-corrected chi connectivity index (χ1v) is 17.6. The van der Waals surface area contributed by atoms with Crippen LogP contribution in [0.2, 0.25) is 58.9 Å². The Morgan fingerprint density at radius 2 is 1.17 bits per heavy atom. The van der Waals surface area contributed by atoms with E-state index >= 15 is 0 Å². The lowest BCUT2D eigenvalue weighted by atomic mass is 10.3. The molecule has 0 saturated heterocycles. The standard InChI is InChI=1S/C13H35NOSi3/c1-16(2,3)14(17(4,5)6)12-10-11-13-15-18(7,8)9/h10-13H2,1-9H3. The van der Waals surface area contributed by atoms with Crippen LogP contribution in [0.4, 0.5) is 0 Å². The Morgan fingerprint density at radius 1 is 0.722 bits per heavy atom. The molecule has 0 radical (unpaired) electrons. The zero-order valence-corrected chi connectivity index (χ0v) is 17.2. The smallest absolute Gasteiger partial charge is 0.183 e. The zero-order valence-electron chi connectivity index (χ0n) is 14.2. The van der Waals surface area contributed by atoms with Gasteiger partial charge in [-0.25, -0.2) is 0 Å². The van der Waals surface area contributed by atoms with Gasteiger partial charge in [0.15, 0.2) is 8.32 Å². The third-order valence-electron chi connectivity index (χ3n) is 2.93. The van der Waals surface area contributed by atoms with Crippen LogP contribution in [0.15, 0.2) is 0 Å². The summed E-state index contributed by atoms with van der Waals surface area (Å²) in [4.78, 5) is 0.